The molecule has 0 saturated carbocycles. The number of anilines is 2. The van der Waals surface area contributed by atoms with Crippen molar-refractivity contribution in [3.05, 3.63) is 107 Å². The highest BCUT2D eigenvalue weighted by atomic mass is 19.1. The minimum Gasteiger partial charge on any atom is -0.478 e. The summed E-state index contributed by atoms with van der Waals surface area (Å²) in [5.41, 5.74) is 4.96. The van der Waals surface area contributed by atoms with Gasteiger partial charge in [-0.15, -0.1) is 0 Å². The Morgan fingerprint density at radius 3 is 2.71 bits per heavy atom. The molecule has 178 valence electrons. The van der Waals surface area contributed by atoms with Gasteiger partial charge < -0.3 is 15.3 Å². The monoisotopic (exact) mass is 468 g/mol. The first-order valence-corrected chi connectivity index (χ1v) is 12.0. The van der Waals surface area contributed by atoms with Crippen LogP contribution in [0.4, 0.5) is 15.8 Å². The number of halogens is 1. The van der Waals surface area contributed by atoms with E-state index in [2.05, 4.69) is 59.6 Å². The minimum absolute atomic E-state index is 0.154. The van der Waals surface area contributed by atoms with Crippen LogP contribution in [0, 0.1) is 18.7 Å². The fourth-order valence-corrected chi connectivity index (χ4v) is 5.18. The van der Waals surface area contributed by atoms with Crippen LogP contribution in [0.1, 0.15) is 40.0 Å². The van der Waals surface area contributed by atoms with E-state index in [-0.39, 0.29) is 23.3 Å². The van der Waals surface area contributed by atoms with E-state index < -0.39 is 5.97 Å². The standard InChI is InChI=1S/C30H29FN2O2/c1-19-10-12-25(16-28(19)30(34)35)33-18-21(14-23-15-24(31)11-13-29(23)33)17-32-20(2)26-9-5-7-22-6-3-4-8-27(22)26/h3-13,15-16,20-21,32H,14,17-18H2,1-2H3,(H,34,35)/t20-,21?/m1/s1. The molecule has 4 aromatic rings. The molecule has 1 aliphatic rings. The molecule has 5 heteroatoms. The third kappa shape index (κ3) is 4.64. The quantitative estimate of drug-likeness (QED) is 0.333. The largest absolute Gasteiger partial charge is 0.478 e. The number of nitrogens with one attached hydrogen (secondary N) is 1. The van der Waals surface area contributed by atoms with Crippen molar-refractivity contribution in [3.8, 4) is 0 Å². The second-order valence-corrected chi connectivity index (χ2v) is 9.46. The summed E-state index contributed by atoms with van der Waals surface area (Å²) in [5.74, 6) is -0.962. The highest BCUT2D eigenvalue weighted by Crippen LogP contribution is 2.37. The molecular weight excluding hydrogens is 439 g/mol. The molecule has 2 atom stereocenters. The predicted molar refractivity (Wildman–Crippen MR) is 139 cm³/mol. The summed E-state index contributed by atoms with van der Waals surface area (Å²) in [6, 6.07) is 25.3. The molecule has 4 nitrogen and oxygen atoms in total. The smallest absolute Gasteiger partial charge is 0.336 e. The maximum absolute atomic E-state index is 14.1. The molecule has 0 fully saturated rings. The maximum Gasteiger partial charge on any atom is 0.336 e. The van der Waals surface area contributed by atoms with E-state index in [9.17, 15) is 14.3 Å². The normalized spacial score (nSPS) is 16.2. The van der Waals surface area contributed by atoms with Gasteiger partial charge >= 0.3 is 5.97 Å². The lowest BCUT2D eigenvalue weighted by molar-refractivity contribution is 0.0696. The Hall–Kier alpha value is -3.70. The molecule has 1 aliphatic heterocycles. The van der Waals surface area contributed by atoms with Crippen molar-refractivity contribution in [2.75, 3.05) is 18.0 Å². The van der Waals surface area contributed by atoms with Crippen molar-refractivity contribution in [1.29, 1.82) is 0 Å². The third-order valence-electron chi connectivity index (χ3n) is 7.05. The van der Waals surface area contributed by atoms with E-state index in [4.69, 9.17) is 0 Å². The number of carboxylic acid groups (broad SMARTS) is 1. The first kappa shape index (κ1) is 23.1. The van der Waals surface area contributed by atoms with Crippen LogP contribution in [-0.2, 0) is 6.42 Å². The van der Waals surface area contributed by atoms with Crippen LogP contribution in [-0.4, -0.2) is 24.2 Å². The van der Waals surface area contributed by atoms with Crippen molar-refractivity contribution in [2.45, 2.75) is 26.3 Å². The number of hydrogen-bond acceptors (Lipinski definition) is 3. The SMILES string of the molecule is Cc1ccc(N2CC(CN[C@H](C)c3cccc4ccccc34)Cc3cc(F)ccc32)cc1C(=O)O. The molecule has 1 heterocycles. The molecule has 0 aliphatic carbocycles. The van der Waals surface area contributed by atoms with E-state index >= 15 is 0 Å². The third-order valence-corrected chi connectivity index (χ3v) is 7.05. The van der Waals surface area contributed by atoms with Crippen LogP contribution >= 0.6 is 0 Å². The van der Waals surface area contributed by atoms with Gasteiger partial charge in [0.2, 0.25) is 0 Å². The Balaban J connectivity index is 1.41. The van der Waals surface area contributed by atoms with Gasteiger partial charge in [0.1, 0.15) is 5.82 Å². The molecule has 5 rings (SSSR count). The zero-order valence-electron chi connectivity index (χ0n) is 20.0. The van der Waals surface area contributed by atoms with Crippen LogP contribution in [0.2, 0.25) is 0 Å². The van der Waals surface area contributed by atoms with Crippen molar-refractivity contribution >= 4 is 28.1 Å². The number of aromatic carboxylic acids is 1. The average Bonchev–Trinajstić information content (AvgIpc) is 2.86. The van der Waals surface area contributed by atoms with Gasteiger partial charge in [-0.1, -0.05) is 48.5 Å². The Morgan fingerprint density at radius 1 is 1.09 bits per heavy atom. The minimum atomic E-state index is -0.942. The summed E-state index contributed by atoms with van der Waals surface area (Å²) in [7, 11) is 0. The molecule has 0 amide bonds. The summed E-state index contributed by atoms with van der Waals surface area (Å²) < 4.78 is 14.1. The van der Waals surface area contributed by atoms with Gasteiger partial charge in [0.25, 0.3) is 0 Å². The molecule has 0 spiro atoms. The maximum atomic E-state index is 14.1. The molecule has 4 aromatic carbocycles. The number of fused-ring (bicyclic) bond motifs is 2. The number of carboxylic acids is 1. The first-order valence-electron chi connectivity index (χ1n) is 12.0. The molecular formula is C30H29FN2O2. The van der Waals surface area contributed by atoms with Crippen LogP contribution in [0.3, 0.4) is 0 Å². The zero-order chi connectivity index (χ0) is 24.5. The topological polar surface area (TPSA) is 52.6 Å². The van der Waals surface area contributed by atoms with Crippen molar-refractivity contribution in [2.24, 2.45) is 5.92 Å². The molecule has 0 radical (unpaired) electrons. The van der Waals surface area contributed by atoms with E-state index in [1.807, 2.05) is 12.1 Å². The lowest BCUT2D eigenvalue weighted by Crippen LogP contribution is -2.38. The molecule has 0 saturated heterocycles. The lowest BCUT2D eigenvalue weighted by Gasteiger charge is -2.37. The number of hydrogen-bond donors (Lipinski definition) is 2. The molecule has 0 bridgehead atoms. The fourth-order valence-electron chi connectivity index (χ4n) is 5.18. The van der Waals surface area contributed by atoms with Crippen molar-refractivity contribution in [3.63, 3.8) is 0 Å². The summed E-state index contributed by atoms with van der Waals surface area (Å²) in [6.07, 6.45) is 0.760. The van der Waals surface area contributed by atoms with Gasteiger partial charge in [0.15, 0.2) is 0 Å². The Bertz CT molecular complexity index is 1400. The second kappa shape index (κ2) is 9.51. The second-order valence-electron chi connectivity index (χ2n) is 9.46. The zero-order valence-corrected chi connectivity index (χ0v) is 20.0. The average molecular weight is 469 g/mol. The van der Waals surface area contributed by atoms with Gasteiger partial charge in [-0.3, -0.25) is 0 Å². The molecule has 0 aromatic heterocycles. The summed E-state index contributed by atoms with van der Waals surface area (Å²) >= 11 is 0. The van der Waals surface area contributed by atoms with Gasteiger partial charge in [-0.2, -0.15) is 0 Å². The van der Waals surface area contributed by atoms with E-state index in [1.54, 1.807) is 25.1 Å². The molecule has 35 heavy (non-hydrogen) atoms. The van der Waals surface area contributed by atoms with Crippen LogP contribution in [0.25, 0.3) is 10.8 Å². The van der Waals surface area contributed by atoms with Gasteiger partial charge in [0, 0.05) is 30.5 Å². The van der Waals surface area contributed by atoms with Gasteiger partial charge in [0.05, 0.1) is 5.56 Å². The summed E-state index contributed by atoms with van der Waals surface area (Å²) in [5, 5.41) is 15.8. The van der Waals surface area contributed by atoms with Crippen LogP contribution < -0.4 is 10.2 Å². The van der Waals surface area contributed by atoms with Crippen LogP contribution in [0.5, 0.6) is 0 Å². The highest BCUT2D eigenvalue weighted by molar-refractivity contribution is 5.91. The Kier molecular flexibility index (Phi) is 6.27. The Labute approximate surface area is 205 Å². The number of nitrogens with zero attached hydrogens (tertiary/aromatic N) is 1. The lowest BCUT2D eigenvalue weighted by atomic mass is 9.91. The summed E-state index contributed by atoms with van der Waals surface area (Å²) in [4.78, 5) is 13.9. The van der Waals surface area contributed by atoms with Crippen molar-refractivity contribution < 1.29 is 14.3 Å². The fraction of sp³-hybridized carbons (Fsp3) is 0.233. The first-order chi connectivity index (χ1) is 16.9. The van der Waals surface area contributed by atoms with E-state index in [1.165, 1.54) is 22.4 Å². The highest BCUT2D eigenvalue weighted by Gasteiger charge is 2.27. The predicted octanol–water partition coefficient (Wildman–Crippen LogP) is 6.65. The molecule has 2 N–H and O–H groups in total. The number of benzene rings is 4. The van der Waals surface area contributed by atoms with Crippen molar-refractivity contribution in [1.82, 2.24) is 5.32 Å². The van der Waals surface area contributed by atoms with E-state index in [0.29, 0.717) is 0 Å². The van der Waals surface area contributed by atoms with Gasteiger partial charge in [-0.05, 0) is 84.0 Å². The van der Waals surface area contributed by atoms with Crippen LogP contribution in [0.15, 0.2) is 78.9 Å². The molecule has 1 unspecified atom stereocenters. The number of carbonyl (C=O) groups is 1. The number of rotatable bonds is 6. The number of aryl methyl sites for hydroxylation is 1. The van der Waals surface area contributed by atoms with Gasteiger partial charge in [-0.25, -0.2) is 9.18 Å². The van der Waals surface area contributed by atoms with E-state index in [0.717, 1.165) is 42.0 Å². The summed E-state index contributed by atoms with van der Waals surface area (Å²) in [6.45, 7) is 5.45. The Morgan fingerprint density at radius 2 is 1.89 bits per heavy atom.